The standard InChI is InChI=1S/C16H16BrNO2/c1-3-20-14-6-4-5-13(10-14)18-16(19)12-7-8-15(17)11(2)9-12/h4-10H,3H2,1-2H3,(H,18,19). The topological polar surface area (TPSA) is 38.3 Å². The second-order valence-corrected chi connectivity index (χ2v) is 5.23. The molecule has 1 amide bonds. The van der Waals surface area contributed by atoms with Gasteiger partial charge in [0.2, 0.25) is 0 Å². The van der Waals surface area contributed by atoms with Gasteiger partial charge in [0.1, 0.15) is 5.75 Å². The molecule has 0 aliphatic carbocycles. The van der Waals surface area contributed by atoms with E-state index in [9.17, 15) is 4.79 Å². The predicted octanol–water partition coefficient (Wildman–Crippen LogP) is 4.41. The fourth-order valence-electron chi connectivity index (χ4n) is 1.82. The number of amides is 1. The first-order chi connectivity index (χ1) is 9.60. The summed E-state index contributed by atoms with van der Waals surface area (Å²) in [4.78, 5) is 12.2. The molecular weight excluding hydrogens is 318 g/mol. The SMILES string of the molecule is CCOc1cccc(NC(=O)c2ccc(Br)c(C)c2)c1. The van der Waals surface area contributed by atoms with E-state index in [1.807, 2.05) is 50.2 Å². The van der Waals surface area contributed by atoms with E-state index in [-0.39, 0.29) is 5.91 Å². The molecule has 2 rings (SSSR count). The van der Waals surface area contributed by atoms with Gasteiger partial charge in [0.05, 0.1) is 6.61 Å². The molecule has 0 saturated heterocycles. The van der Waals surface area contributed by atoms with Gasteiger partial charge in [0.15, 0.2) is 0 Å². The normalized spacial score (nSPS) is 10.2. The van der Waals surface area contributed by atoms with Crippen LogP contribution in [0.25, 0.3) is 0 Å². The van der Waals surface area contributed by atoms with Crippen LogP contribution in [-0.4, -0.2) is 12.5 Å². The summed E-state index contributed by atoms with van der Waals surface area (Å²) in [5, 5.41) is 2.87. The number of carbonyl (C=O) groups excluding carboxylic acids is 1. The minimum absolute atomic E-state index is 0.130. The maximum absolute atomic E-state index is 12.2. The van der Waals surface area contributed by atoms with Crippen LogP contribution < -0.4 is 10.1 Å². The molecule has 0 atom stereocenters. The van der Waals surface area contributed by atoms with Crippen LogP contribution in [-0.2, 0) is 0 Å². The molecule has 2 aromatic rings. The lowest BCUT2D eigenvalue weighted by molar-refractivity contribution is 0.102. The average molecular weight is 334 g/mol. The van der Waals surface area contributed by atoms with Crippen molar-refractivity contribution in [1.82, 2.24) is 0 Å². The van der Waals surface area contributed by atoms with Crippen LogP contribution in [0.1, 0.15) is 22.8 Å². The van der Waals surface area contributed by atoms with Crippen LogP contribution in [0.15, 0.2) is 46.9 Å². The lowest BCUT2D eigenvalue weighted by Crippen LogP contribution is -2.12. The number of hydrogen-bond donors (Lipinski definition) is 1. The third kappa shape index (κ3) is 3.61. The number of nitrogens with one attached hydrogen (secondary N) is 1. The summed E-state index contributed by atoms with van der Waals surface area (Å²) in [5.74, 6) is 0.617. The van der Waals surface area contributed by atoms with Crippen molar-refractivity contribution in [2.45, 2.75) is 13.8 Å². The van der Waals surface area contributed by atoms with Crippen molar-refractivity contribution in [3.63, 3.8) is 0 Å². The lowest BCUT2D eigenvalue weighted by atomic mass is 10.1. The van der Waals surface area contributed by atoms with Gasteiger partial charge in [0, 0.05) is 21.8 Å². The average Bonchev–Trinajstić information content (AvgIpc) is 2.42. The molecule has 2 aromatic carbocycles. The minimum atomic E-state index is -0.130. The molecule has 0 heterocycles. The first kappa shape index (κ1) is 14.6. The molecule has 0 fully saturated rings. The molecule has 0 aliphatic rings. The van der Waals surface area contributed by atoms with Gasteiger partial charge < -0.3 is 10.1 Å². The van der Waals surface area contributed by atoms with E-state index in [1.165, 1.54) is 0 Å². The molecule has 1 N–H and O–H groups in total. The second kappa shape index (κ2) is 6.57. The Bertz CT molecular complexity index is 626. The number of benzene rings is 2. The summed E-state index contributed by atoms with van der Waals surface area (Å²) < 4.78 is 6.40. The Morgan fingerprint density at radius 3 is 2.75 bits per heavy atom. The van der Waals surface area contributed by atoms with E-state index in [0.717, 1.165) is 21.5 Å². The van der Waals surface area contributed by atoms with Crippen LogP contribution in [0, 0.1) is 6.92 Å². The molecule has 0 radical (unpaired) electrons. The van der Waals surface area contributed by atoms with E-state index < -0.39 is 0 Å². The van der Waals surface area contributed by atoms with E-state index in [4.69, 9.17) is 4.74 Å². The Balaban J connectivity index is 2.14. The van der Waals surface area contributed by atoms with Crippen molar-refractivity contribution in [3.05, 3.63) is 58.1 Å². The third-order valence-corrected chi connectivity index (χ3v) is 3.71. The highest BCUT2D eigenvalue weighted by Crippen LogP contribution is 2.20. The van der Waals surface area contributed by atoms with Crippen molar-refractivity contribution >= 4 is 27.5 Å². The van der Waals surface area contributed by atoms with Crippen molar-refractivity contribution in [2.75, 3.05) is 11.9 Å². The largest absolute Gasteiger partial charge is 0.494 e. The third-order valence-electron chi connectivity index (χ3n) is 2.82. The van der Waals surface area contributed by atoms with Gasteiger partial charge in [-0.05, 0) is 49.7 Å². The molecule has 3 nitrogen and oxygen atoms in total. The Labute approximate surface area is 127 Å². The zero-order valence-electron chi connectivity index (χ0n) is 11.4. The molecule has 0 saturated carbocycles. The summed E-state index contributed by atoms with van der Waals surface area (Å²) in [6, 6.07) is 12.9. The molecule has 0 spiro atoms. The van der Waals surface area contributed by atoms with E-state index in [0.29, 0.717) is 12.2 Å². The zero-order valence-corrected chi connectivity index (χ0v) is 13.0. The molecule has 20 heavy (non-hydrogen) atoms. The monoisotopic (exact) mass is 333 g/mol. The van der Waals surface area contributed by atoms with Gasteiger partial charge in [-0.2, -0.15) is 0 Å². The number of hydrogen-bond acceptors (Lipinski definition) is 2. The van der Waals surface area contributed by atoms with Crippen LogP contribution >= 0.6 is 15.9 Å². The highest BCUT2D eigenvalue weighted by atomic mass is 79.9. The van der Waals surface area contributed by atoms with Gasteiger partial charge in [-0.25, -0.2) is 0 Å². The molecule has 0 aliphatic heterocycles. The Morgan fingerprint density at radius 1 is 1.25 bits per heavy atom. The predicted molar refractivity (Wildman–Crippen MR) is 84.4 cm³/mol. The van der Waals surface area contributed by atoms with Gasteiger partial charge in [0.25, 0.3) is 5.91 Å². The maximum Gasteiger partial charge on any atom is 0.255 e. The van der Waals surface area contributed by atoms with Gasteiger partial charge in [-0.15, -0.1) is 0 Å². The summed E-state index contributed by atoms with van der Waals surface area (Å²) in [7, 11) is 0. The molecular formula is C16H16BrNO2. The van der Waals surface area contributed by atoms with Gasteiger partial charge >= 0.3 is 0 Å². The van der Waals surface area contributed by atoms with Crippen molar-refractivity contribution in [1.29, 1.82) is 0 Å². The van der Waals surface area contributed by atoms with Crippen LogP contribution in [0.2, 0.25) is 0 Å². The first-order valence-corrected chi connectivity index (χ1v) is 7.20. The van der Waals surface area contributed by atoms with Crippen molar-refractivity contribution < 1.29 is 9.53 Å². The minimum Gasteiger partial charge on any atom is -0.494 e. The van der Waals surface area contributed by atoms with Gasteiger partial charge in [-0.3, -0.25) is 4.79 Å². The number of halogens is 1. The van der Waals surface area contributed by atoms with Crippen LogP contribution in [0.4, 0.5) is 5.69 Å². The number of anilines is 1. The summed E-state index contributed by atoms with van der Waals surface area (Å²) in [6.45, 7) is 4.48. The van der Waals surface area contributed by atoms with E-state index >= 15 is 0 Å². The van der Waals surface area contributed by atoms with E-state index in [2.05, 4.69) is 21.2 Å². The highest BCUT2D eigenvalue weighted by molar-refractivity contribution is 9.10. The number of carbonyl (C=O) groups is 1. The smallest absolute Gasteiger partial charge is 0.255 e. The summed E-state index contributed by atoms with van der Waals surface area (Å²) in [6.07, 6.45) is 0. The Hall–Kier alpha value is -1.81. The van der Waals surface area contributed by atoms with Gasteiger partial charge in [-0.1, -0.05) is 22.0 Å². The quantitative estimate of drug-likeness (QED) is 0.899. The molecule has 0 unspecified atom stereocenters. The van der Waals surface area contributed by atoms with Crippen molar-refractivity contribution in [3.8, 4) is 5.75 Å². The number of aryl methyl sites for hydroxylation is 1. The fourth-order valence-corrected chi connectivity index (χ4v) is 2.07. The Morgan fingerprint density at radius 2 is 2.05 bits per heavy atom. The first-order valence-electron chi connectivity index (χ1n) is 6.40. The molecule has 0 bridgehead atoms. The number of rotatable bonds is 4. The second-order valence-electron chi connectivity index (χ2n) is 4.38. The summed E-state index contributed by atoms with van der Waals surface area (Å²) >= 11 is 3.42. The highest BCUT2D eigenvalue weighted by Gasteiger charge is 2.08. The fraction of sp³-hybridized carbons (Fsp3) is 0.188. The molecule has 0 aromatic heterocycles. The number of ether oxygens (including phenoxy) is 1. The molecule has 104 valence electrons. The Kier molecular flexibility index (Phi) is 4.79. The van der Waals surface area contributed by atoms with Crippen LogP contribution in [0.5, 0.6) is 5.75 Å². The zero-order chi connectivity index (χ0) is 14.5. The van der Waals surface area contributed by atoms with Crippen molar-refractivity contribution in [2.24, 2.45) is 0 Å². The van der Waals surface area contributed by atoms with E-state index in [1.54, 1.807) is 6.07 Å². The summed E-state index contributed by atoms with van der Waals surface area (Å²) in [5.41, 5.74) is 2.38. The van der Waals surface area contributed by atoms with Crippen LogP contribution in [0.3, 0.4) is 0 Å². The maximum atomic E-state index is 12.2. The lowest BCUT2D eigenvalue weighted by Gasteiger charge is -2.09. The molecule has 4 heteroatoms.